The van der Waals surface area contributed by atoms with Crippen molar-refractivity contribution in [2.75, 3.05) is 0 Å². The van der Waals surface area contributed by atoms with E-state index in [9.17, 15) is 4.79 Å². The maximum Gasteiger partial charge on any atom is 0.130 e. The molecule has 1 aliphatic rings. The van der Waals surface area contributed by atoms with Crippen molar-refractivity contribution >= 4 is 17.4 Å². The van der Waals surface area contributed by atoms with Crippen LogP contribution in [0.1, 0.15) is 47.2 Å². The Morgan fingerprint density at radius 3 is 2.54 bits per heavy atom. The summed E-state index contributed by atoms with van der Waals surface area (Å²) in [4.78, 5) is 15.3. The minimum Gasteiger partial charge on any atom is -0.364 e. The molecular weight excluding hydrogens is 294 g/mol. The Labute approximate surface area is 141 Å². The summed E-state index contributed by atoms with van der Waals surface area (Å²) in [6.07, 6.45) is 4.74. The van der Waals surface area contributed by atoms with Crippen LogP contribution in [0.15, 0.2) is 66.9 Å². The second kappa shape index (κ2) is 5.97. The van der Waals surface area contributed by atoms with Gasteiger partial charge in [0.1, 0.15) is 5.78 Å². The number of ketones is 1. The first-order valence-corrected chi connectivity index (χ1v) is 8.27. The Morgan fingerprint density at radius 1 is 1.00 bits per heavy atom. The number of carbonyl (C=O) groups excluding carboxylic acids is 1. The number of aromatic nitrogens is 1. The van der Waals surface area contributed by atoms with Crippen molar-refractivity contribution in [2.45, 2.75) is 19.3 Å². The van der Waals surface area contributed by atoms with E-state index in [1.165, 1.54) is 27.8 Å². The van der Waals surface area contributed by atoms with Crippen LogP contribution in [0.4, 0.5) is 0 Å². The molecule has 24 heavy (non-hydrogen) atoms. The van der Waals surface area contributed by atoms with Crippen molar-refractivity contribution in [2.24, 2.45) is 0 Å². The van der Waals surface area contributed by atoms with Crippen molar-refractivity contribution in [3.63, 3.8) is 0 Å². The minimum atomic E-state index is 0.0705. The number of carbonyl (C=O) groups is 1. The Hall–Kier alpha value is -2.87. The number of nitrogens with one attached hydrogen (secondary N) is 1. The van der Waals surface area contributed by atoms with Crippen LogP contribution in [0.3, 0.4) is 0 Å². The van der Waals surface area contributed by atoms with Gasteiger partial charge >= 0.3 is 0 Å². The quantitative estimate of drug-likeness (QED) is 0.723. The Balaban J connectivity index is 1.97. The van der Waals surface area contributed by atoms with E-state index in [0.29, 0.717) is 6.42 Å². The normalized spacial score (nSPS) is 15.9. The summed E-state index contributed by atoms with van der Waals surface area (Å²) in [5.41, 5.74) is 7.10. The SMILES string of the molecule is CC(=O)C[C@@H]1c2ccccc2C=C(c2ccccc2)c2cc[nH]c21. The Bertz CT molecular complexity index is 918. The molecule has 0 saturated heterocycles. The maximum atomic E-state index is 11.9. The van der Waals surface area contributed by atoms with Crippen LogP contribution in [0.5, 0.6) is 0 Å². The largest absolute Gasteiger partial charge is 0.364 e. The van der Waals surface area contributed by atoms with Gasteiger partial charge in [0.05, 0.1) is 0 Å². The second-order valence-electron chi connectivity index (χ2n) is 6.32. The first kappa shape index (κ1) is 14.7. The minimum absolute atomic E-state index is 0.0705. The molecule has 118 valence electrons. The number of hydrogen-bond donors (Lipinski definition) is 1. The lowest BCUT2D eigenvalue weighted by molar-refractivity contribution is -0.117. The van der Waals surface area contributed by atoms with Gasteiger partial charge in [0, 0.05) is 29.8 Å². The number of rotatable bonds is 3. The predicted octanol–water partition coefficient (Wildman–Crippen LogP) is 5.03. The van der Waals surface area contributed by atoms with Gasteiger partial charge in [-0.15, -0.1) is 0 Å². The van der Waals surface area contributed by atoms with Gasteiger partial charge in [-0.05, 0) is 41.3 Å². The van der Waals surface area contributed by atoms with E-state index < -0.39 is 0 Å². The van der Waals surface area contributed by atoms with Crippen LogP contribution in [0.2, 0.25) is 0 Å². The molecule has 2 aromatic carbocycles. The molecule has 4 rings (SSSR count). The van der Waals surface area contributed by atoms with Gasteiger partial charge in [-0.2, -0.15) is 0 Å². The van der Waals surface area contributed by atoms with E-state index in [1.807, 2.05) is 12.3 Å². The molecule has 1 aliphatic carbocycles. The standard InChI is InChI=1S/C22H19NO/c1-15(24)13-21-18-10-6-5-9-17(18)14-20(16-7-3-2-4-8-16)19-11-12-23-22(19)21/h2-12,14,21,23H,13H2,1H3/t21-/m1/s1. The fraction of sp³-hybridized carbons (Fsp3) is 0.136. The molecule has 1 N–H and O–H groups in total. The molecule has 0 bridgehead atoms. The fourth-order valence-electron chi connectivity index (χ4n) is 3.61. The van der Waals surface area contributed by atoms with Crippen LogP contribution in [0.25, 0.3) is 11.6 Å². The van der Waals surface area contributed by atoms with Gasteiger partial charge in [-0.25, -0.2) is 0 Å². The molecule has 3 aromatic rings. The first-order valence-electron chi connectivity index (χ1n) is 8.27. The van der Waals surface area contributed by atoms with Crippen molar-refractivity contribution < 1.29 is 4.79 Å². The molecular formula is C22H19NO. The molecule has 1 atom stereocenters. The van der Waals surface area contributed by atoms with E-state index in [2.05, 4.69) is 65.7 Å². The molecule has 0 amide bonds. The van der Waals surface area contributed by atoms with Crippen molar-refractivity contribution in [1.82, 2.24) is 4.98 Å². The third-order valence-corrected chi connectivity index (χ3v) is 4.67. The molecule has 0 fully saturated rings. The van der Waals surface area contributed by atoms with Crippen LogP contribution in [-0.2, 0) is 4.79 Å². The summed E-state index contributed by atoms with van der Waals surface area (Å²) in [7, 11) is 0. The third-order valence-electron chi connectivity index (χ3n) is 4.67. The molecule has 1 heterocycles. The zero-order valence-electron chi connectivity index (χ0n) is 13.6. The summed E-state index contributed by atoms with van der Waals surface area (Å²) < 4.78 is 0. The second-order valence-corrected chi connectivity index (χ2v) is 6.32. The van der Waals surface area contributed by atoms with Crippen molar-refractivity contribution in [3.05, 3.63) is 94.8 Å². The summed E-state index contributed by atoms with van der Waals surface area (Å²) in [5, 5.41) is 0. The molecule has 2 heteroatoms. The van der Waals surface area contributed by atoms with Gasteiger partial charge < -0.3 is 4.98 Å². The summed E-state index contributed by atoms with van der Waals surface area (Å²) >= 11 is 0. The summed E-state index contributed by atoms with van der Waals surface area (Å²) in [6.45, 7) is 1.67. The highest BCUT2D eigenvalue weighted by Gasteiger charge is 2.26. The number of benzene rings is 2. The number of Topliss-reactive ketones (excluding diaryl/α,β-unsaturated/α-hetero) is 1. The van der Waals surface area contributed by atoms with Gasteiger partial charge in [-0.3, -0.25) is 4.79 Å². The van der Waals surface area contributed by atoms with Crippen molar-refractivity contribution in [1.29, 1.82) is 0 Å². The molecule has 0 saturated carbocycles. The smallest absolute Gasteiger partial charge is 0.130 e. The Kier molecular flexibility index (Phi) is 3.66. The number of aromatic amines is 1. The monoisotopic (exact) mass is 313 g/mol. The van der Waals surface area contributed by atoms with Crippen LogP contribution in [-0.4, -0.2) is 10.8 Å². The van der Waals surface area contributed by atoms with E-state index in [4.69, 9.17) is 0 Å². The summed E-state index contributed by atoms with van der Waals surface area (Å²) in [6, 6.07) is 20.9. The highest BCUT2D eigenvalue weighted by Crippen LogP contribution is 2.41. The molecule has 2 nitrogen and oxygen atoms in total. The van der Waals surface area contributed by atoms with Crippen molar-refractivity contribution in [3.8, 4) is 0 Å². The number of hydrogen-bond acceptors (Lipinski definition) is 1. The predicted molar refractivity (Wildman–Crippen MR) is 97.8 cm³/mol. The van der Waals surface area contributed by atoms with Crippen LogP contribution >= 0.6 is 0 Å². The lowest BCUT2D eigenvalue weighted by Gasteiger charge is -2.17. The van der Waals surface area contributed by atoms with Gasteiger partial charge in [-0.1, -0.05) is 54.6 Å². The number of fused-ring (bicyclic) bond motifs is 2. The third kappa shape index (κ3) is 2.50. The Morgan fingerprint density at radius 2 is 1.75 bits per heavy atom. The lowest BCUT2D eigenvalue weighted by Crippen LogP contribution is -2.08. The molecule has 0 radical (unpaired) electrons. The fourth-order valence-corrected chi connectivity index (χ4v) is 3.61. The van der Waals surface area contributed by atoms with E-state index in [0.717, 1.165) is 5.69 Å². The summed E-state index contributed by atoms with van der Waals surface area (Å²) in [5.74, 6) is 0.277. The lowest BCUT2D eigenvalue weighted by atomic mass is 9.87. The zero-order valence-corrected chi connectivity index (χ0v) is 13.6. The zero-order chi connectivity index (χ0) is 16.5. The highest BCUT2D eigenvalue weighted by atomic mass is 16.1. The average molecular weight is 313 g/mol. The van der Waals surface area contributed by atoms with E-state index in [1.54, 1.807) is 6.92 Å². The molecule has 0 spiro atoms. The van der Waals surface area contributed by atoms with E-state index >= 15 is 0 Å². The van der Waals surface area contributed by atoms with Gasteiger partial charge in [0.2, 0.25) is 0 Å². The molecule has 1 aromatic heterocycles. The average Bonchev–Trinajstić information content (AvgIpc) is 3.03. The maximum absolute atomic E-state index is 11.9. The highest BCUT2D eigenvalue weighted by molar-refractivity contribution is 5.94. The van der Waals surface area contributed by atoms with Crippen LogP contribution in [0, 0.1) is 0 Å². The first-order chi connectivity index (χ1) is 11.7. The van der Waals surface area contributed by atoms with E-state index in [-0.39, 0.29) is 11.7 Å². The molecule has 0 aliphatic heterocycles. The number of H-pyrrole nitrogens is 1. The van der Waals surface area contributed by atoms with Gasteiger partial charge in [0.25, 0.3) is 0 Å². The van der Waals surface area contributed by atoms with Crippen LogP contribution < -0.4 is 0 Å². The topological polar surface area (TPSA) is 32.9 Å². The van der Waals surface area contributed by atoms with Gasteiger partial charge in [0.15, 0.2) is 0 Å². The molecule has 0 unspecified atom stereocenters.